The largest absolute Gasteiger partial charge is 0.496 e. The summed E-state index contributed by atoms with van der Waals surface area (Å²) in [5.74, 6) is -0.313. The Balaban J connectivity index is 3.29. The van der Waals surface area contributed by atoms with Crippen molar-refractivity contribution in [1.29, 1.82) is 0 Å². The molecule has 0 bridgehead atoms. The zero-order valence-electron chi connectivity index (χ0n) is 6.37. The van der Waals surface area contributed by atoms with Crippen LogP contribution in [0.15, 0.2) is 12.3 Å². The van der Waals surface area contributed by atoms with E-state index in [2.05, 4.69) is 4.98 Å². The molecule has 0 saturated heterocycles. The normalized spacial score (nSPS) is 9.50. The van der Waals surface area contributed by atoms with Crippen LogP contribution in [0, 0.1) is 0 Å². The number of nitrogens with two attached hydrogens (primary N) is 1. The number of methoxy groups -OCH3 is 1. The Morgan fingerprint density at radius 1 is 1.75 bits per heavy atom. The van der Waals surface area contributed by atoms with Gasteiger partial charge in [-0.2, -0.15) is 0 Å². The van der Waals surface area contributed by atoms with Gasteiger partial charge >= 0.3 is 0 Å². The minimum atomic E-state index is -0.648. The van der Waals surface area contributed by atoms with Crippen LogP contribution in [0.1, 0.15) is 10.4 Å². The van der Waals surface area contributed by atoms with Gasteiger partial charge in [-0.15, -0.1) is 0 Å². The second kappa shape index (κ2) is 3.40. The van der Waals surface area contributed by atoms with Gasteiger partial charge in [0.2, 0.25) is 0 Å². The fraction of sp³-hybridized carbons (Fsp3) is 0.143. The molecule has 1 heterocycles. The van der Waals surface area contributed by atoms with Gasteiger partial charge in [-0.3, -0.25) is 4.79 Å². The minimum absolute atomic E-state index is 0.0573. The molecule has 1 aromatic heterocycles. The molecule has 0 radical (unpaired) electrons. The maximum Gasteiger partial charge on any atom is 0.255 e. The van der Waals surface area contributed by atoms with E-state index < -0.39 is 5.91 Å². The quantitative estimate of drug-likeness (QED) is 0.697. The molecule has 0 saturated carbocycles. The van der Waals surface area contributed by atoms with Crippen LogP contribution in [-0.4, -0.2) is 18.0 Å². The van der Waals surface area contributed by atoms with Crippen LogP contribution in [0.5, 0.6) is 5.75 Å². The topological polar surface area (TPSA) is 65.2 Å². The fourth-order valence-electron chi connectivity index (χ4n) is 0.813. The number of carbonyl (C=O) groups excluding carboxylic acids is 1. The molecule has 0 aliphatic rings. The first-order valence-electron chi connectivity index (χ1n) is 3.15. The number of amides is 1. The van der Waals surface area contributed by atoms with Crippen molar-refractivity contribution >= 4 is 17.5 Å². The Kier molecular flexibility index (Phi) is 2.50. The van der Waals surface area contributed by atoms with E-state index >= 15 is 0 Å². The van der Waals surface area contributed by atoms with Gasteiger partial charge in [-0.05, 0) is 6.07 Å². The lowest BCUT2D eigenvalue weighted by Gasteiger charge is -2.04. The number of aromatic nitrogens is 1. The van der Waals surface area contributed by atoms with Gasteiger partial charge in [0, 0.05) is 6.20 Å². The molecule has 0 aromatic carbocycles. The second-order valence-corrected chi connectivity index (χ2v) is 2.40. The summed E-state index contributed by atoms with van der Waals surface area (Å²) in [6.45, 7) is 0. The van der Waals surface area contributed by atoms with Crippen LogP contribution in [0.3, 0.4) is 0 Å². The molecule has 0 unspecified atom stereocenters. The lowest BCUT2D eigenvalue weighted by atomic mass is 10.2. The smallest absolute Gasteiger partial charge is 0.255 e. The third-order valence-corrected chi connectivity index (χ3v) is 1.62. The lowest BCUT2D eigenvalue weighted by Crippen LogP contribution is -2.13. The third kappa shape index (κ3) is 1.48. The van der Waals surface area contributed by atoms with Crippen LogP contribution in [0.2, 0.25) is 5.15 Å². The zero-order valence-corrected chi connectivity index (χ0v) is 7.13. The van der Waals surface area contributed by atoms with Crippen LogP contribution >= 0.6 is 11.6 Å². The Bertz CT molecular complexity index is 314. The molecule has 1 aromatic rings. The van der Waals surface area contributed by atoms with Crippen LogP contribution in [0.25, 0.3) is 0 Å². The number of hydrogen-bond donors (Lipinski definition) is 1. The predicted octanol–water partition coefficient (Wildman–Crippen LogP) is 0.843. The highest BCUT2D eigenvalue weighted by atomic mass is 35.5. The van der Waals surface area contributed by atoms with Gasteiger partial charge in [-0.1, -0.05) is 11.6 Å². The van der Waals surface area contributed by atoms with Gasteiger partial charge in [0.1, 0.15) is 16.5 Å². The van der Waals surface area contributed by atoms with Crippen molar-refractivity contribution in [3.05, 3.63) is 23.0 Å². The van der Waals surface area contributed by atoms with Crippen molar-refractivity contribution in [2.75, 3.05) is 7.11 Å². The Hall–Kier alpha value is -1.29. The third-order valence-electron chi connectivity index (χ3n) is 1.33. The number of pyridine rings is 1. The predicted molar refractivity (Wildman–Crippen MR) is 44.3 cm³/mol. The molecule has 0 aliphatic heterocycles. The number of hydrogen-bond acceptors (Lipinski definition) is 3. The van der Waals surface area contributed by atoms with Gasteiger partial charge in [0.05, 0.1) is 7.11 Å². The molecule has 64 valence electrons. The van der Waals surface area contributed by atoms with Crippen molar-refractivity contribution in [3.63, 3.8) is 0 Å². The SMILES string of the molecule is COc1ccnc(Cl)c1C(N)=O. The van der Waals surface area contributed by atoms with E-state index in [0.717, 1.165) is 0 Å². The number of halogens is 1. The van der Waals surface area contributed by atoms with Crippen molar-refractivity contribution in [1.82, 2.24) is 4.98 Å². The van der Waals surface area contributed by atoms with Crippen LogP contribution in [-0.2, 0) is 0 Å². The van der Waals surface area contributed by atoms with Crippen molar-refractivity contribution in [2.24, 2.45) is 5.73 Å². The Morgan fingerprint density at radius 3 is 2.83 bits per heavy atom. The number of ether oxygens (including phenoxy) is 1. The minimum Gasteiger partial charge on any atom is -0.496 e. The first kappa shape index (κ1) is 8.80. The van der Waals surface area contributed by atoms with E-state index in [9.17, 15) is 4.79 Å². The summed E-state index contributed by atoms with van der Waals surface area (Å²) < 4.78 is 4.86. The fourth-order valence-corrected chi connectivity index (χ4v) is 1.06. The molecular weight excluding hydrogens is 180 g/mol. The monoisotopic (exact) mass is 186 g/mol. The van der Waals surface area contributed by atoms with E-state index in [-0.39, 0.29) is 10.7 Å². The van der Waals surface area contributed by atoms with E-state index in [4.69, 9.17) is 22.1 Å². The summed E-state index contributed by atoms with van der Waals surface area (Å²) in [4.78, 5) is 14.5. The highest BCUT2D eigenvalue weighted by molar-refractivity contribution is 6.33. The summed E-state index contributed by atoms with van der Waals surface area (Å²) in [6.07, 6.45) is 1.44. The van der Waals surface area contributed by atoms with Gasteiger partial charge in [0.15, 0.2) is 0 Å². The molecular formula is C7H7ClN2O2. The molecule has 0 fully saturated rings. The number of rotatable bonds is 2. The molecule has 0 spiro atoms. The van der Waals surface area contributed by atoms with Crippen molar-refractivity contribution in [2.45, 2.75) is 0 Å². The Labute approximate surface area is 74.3 Å². The van der Waals surface area contributed by atoms with Gasteiger partial charge in [-0.25, -0.2) is 4.98 Å². The summed E-state index contributed by atoms with van der Waals surface area (Å²) in [5.41, 5.74) is 5.16. The molecule has 0 aliphatic carbocycles. The van der Waals surface area contributed by atoms with Crippen LogP contribution < -0.4 is 10.5 Å². The average molecular weight is 187 g/mol. The summed E-state index contributed by atoms with van der Waals surface area (Å²) in [7, 11) is 1.43. The lowest BCUT2D eigenvalue weighted by molar-refractivity contribution is 0.0997. The van der Waals surface area contributed by atoms with Gasteiger partial charge < -0.3 is 10.5 Å². The first-order valence-corrected chi connectivity index (χ1v) is 3.53. The summed E-state index contributed by atoms with van der Waals surface area (Å²) in [6, 6.07) is 1.52. The molecule has 1 rings (SSSR count). The maximum atomic E-state index is 10.8. The molecule has 1 amide bonds. The standard InChI is InChI=1S/C7H7ClN2O2/c1-12-4-2-3-10-6(8)5(4)7(9)11/h2-3H,1H3,(H2,9,11). The van der Waals surface area contributed by atoms with Crippen LogP contribution in [0.4, 0.5) is 0 Å². The summed E-state index contributed by atoms with van der Waals surface area (Å²) in [5, 5.41) is 0.0573. The first-order chi connectivity index (χ1) is 5.66. The average Bonchev–Trinajstić information content (AvgIpc) is 2.03. The number of nitrogens with zero attached hydrogens (tertiary/aromatic N) is 1. The van der Waals surface area contributed by atoms with E-state index in [0.29, 0.717) is 5.75 Å². The van der Waals surface area contributed by atoms with E-state index in [1.165, 1.54) is 19.4 Å². The highest BCUT2D eigenvalue weighted by Gasteiger charge is 2.13. The van der Waals surface area contributed by atoms with Gasteiger partial charge in [0.25, 0.3) is 5.91 Å². The second-order valence-electron chi connectivity index (χ2n) is 2.04. The Morgan fingerprint density at radius 2 is 2.42 bits per heavy atom. The molecule has 5 heteroatoms. The molecule has 4 nitrogen and oxygen atoms in total. The van der Waals surface area contributed by atoms with Crippen molar-refractivity contribution in [3.8, 4) is 5.75 Å². The number of carbonyl (C=O) groups is 1. The number of primary amides is 1. The van der Waals surface area contributed by atoms with Crippen molar-refractivity contribution < 1.29 is 9.53 Å². The highest BCUT2D eigenvalue weighted by Crippen LogP contribution is 2.22. The molecule has 0 atom stereocenters. The van der Waals surface area contributed by atoms with E-state index in [1.807, 2.05) is 0 Å². The molecule has 12 heavy (non-hydrogen) atoms. The molecule has 2 N–H and O–H groups in total. The maximum absolute atomic E-state index is 10.8. The summed E-state index contributed by atoms with van der Waals surface area (Å²) >= 11 is 5.61. The zero-order chi connectivity index (χ0) is 9.14. The van der Waals surface area contributed by atoms with E-state index in [1.54, 1.807) is 0 Å².